The zero-order valence-corrected chi connectivity index (χ0v) is 11.2. The van der Waals surface area contributed by atoms with Crippen molar-refractivity contribution in [3.63, 3.8) is 0 Å². The second-order valence-corrected chi connectivity index (χ2v) is 5.03. The molecule has 1 saturated heterocycles. The van der Waals surface area contributed by atoms with Gasteiger partial charge in [-0.05, 0) is 26.7 Å². The second-order valence-electron chi connectivity index (χ2n) is 5.03. The predicted octanol–water partition coefficient (Wildman–Crippen LogP) is 1.60. The molecule has 0 radical (unpaired) electrons. The molecule has 0 saturated carbocycles. The highest BCUT2D eigenvalue weighted by molar-refractivity contribution is 5.76. The highest BCUT2D eigenvalue weighted by Crippen LogP contribution is 2.15. The Bertz CT molecular complexity index is 297. The molecule has 1 rings (SSSR count). The minimum absolute atomic E-state index is 0.0336. The Hall–Kier alpha value is -0.820. The molecular weight excluding hydrogens is 261 g/mol. The molecule has 0 aromatic rings. The Morgan fingerprint density at radius 2 is 2.05 bits per heavy atom. The van der Waals surface area contributed by atoms with Gasteiger partial charge in [-0.15, -0.1) is 0 Å². The van der Waals surface area contributed by atoms with E-state index in [1.807, 2.05) is 6.92 Å². The van der Waals surface area contributed by atoms with E-state index >= 15 is 0 Å². The molecule has 0 spiro atoms. The first-order chi connectivity index (χ1) is 8.78. The van der Waals surface area contributed by atoms with E-state index in [0.717, 1.165) is 12.8 Å². The number of halogens is 3. The highest BCUT2D eigenvalue weighted by atomic mass is 19.4. The molecule has 3 unspecified atom stereocenters. The van der Waals surface area contributed by atoms with E-state index in [9.17, 15) is 18.0 Å². The lowest BCUT2D eigenvalue weighted by Crippen LogP contribution is -2.54. The highest BCUT2D eigenvalue weighted by Gasteiger charge is 2.28. The van der Waals surface area contributed by atoms with Crippen molar-refractivity contribution in [1.82, 2.24) is 10.6 Å². The lowest BCUT2D eigenvalue weighted by Gasteiger charge is -2.34. The van der Waals surface area contributed by atoms with Crippen molar-refractivity contribution < 1.29 is 22.7 Å². The minimum Gasteiger partial charge on any atom is -0.372 e. The first kappa shape index (κ1) is 16.2. The van der Waals surface area contributed by atoms with Crippen molar-refractivity contribution in [3.05, 3.63) is 0 Å². The van der Waals surface area contributed by atoms with Crippen LogP contribution in [-0.4, -0.2) is 43.4 Å². The van der Waals surface area contributed by atoms with Crippen LogP contribution in [0.1, 0.15) is 33.1 Å². The van der Waals surface area contributed by atoms with Gasteiger partial charge in [0.15, 0.2) is 0 Å². The van der Waals surface area contributed by atoms with Gasteiger partial charge in [-0.2, -0.15) is 13.2 Å². The fourth-order valence-electron chi connectivity index (χ4n) is 2.16. The van der Waals surface area contributed by atoms with Crippen LogP contribution < -0.4 is 10.6 Å². The minimum atomic E-state index is -4.34. The van der Waals surface area contributed by atoms with Crippen molar-refractivity contribution in [2.24, 2.45) is 0 Å². The molecule has 112 valence electrons. The van der Waals surface area contributed by atoms with Crippen molar-refractivity contribution in [1.29, 1.82) is 0 Å². The number of alkyl halides is 3. The Balaban J connectivity index is 2.17. The van der Waals surface area contributed by atoms with Crippen LogP contribution in [0.5, 0.6) is 0 Å². The molecule has 0 aromatic carbocycles. The first-order valence-electron chi connectivity index (χ1n) is 6.48. The number of piperidine rings is 1. The van der Waals surface area contributed by atoms with Gasteiger partial charge in [0.25, 0.3) is 0 Å². The lowest BCUT2D eigenvalue weighted by molar-refractivity contribution is -0.174. The number of hydrogen-bond donors (Lipinski definition) is 2. The molecule has 3 atom stereocenters. The summed E-state index contributed by atoms with van der Waals surface area (Å²) in [4.78, 5) is 11.6. The van der Waals surface area contributed by atoms with E-state index < -0.39 is 12.8 Å². The number of carbonyl (C=O) groups excluding carboxylic acids is 1. The van der Waals surface area contributed by atoms with Gasteiger partial charge in [0.2, 0.25) is 5.91 Å². The van der Waals surface area contributed by atoms with Crippen LogP contribution in [0.2, 0.25) is 0 Å². The quantitative estimate of drug-likeness (QED) is 0.753. The standard InChI is InChI=1S/C12H21F3N2O2/c1-8-3-4-10(9(2)16-8)17-11(18)5-6-19-7-12(13,14)15/h8-10,16H,3-7H2,1-2H3,(H,17,18). The fraction of sp³-hybridized carbons (Fsp3) is 0.917. The van der Waals surface area contributed by atoms with Gasteiger partial charge in [0.1, 0.15) is 6.61 Å². The molecule has 4 nitrogen and oxygen atoms in total. The Morgan fingerprint density at radius 1 is 1.37 bits per heavy atom. The number of ether oxygens (including phenoxy) is 1. The molecule has 1 amide bonds. The van der Waals surface area contributed by atoms with E-state index in [1.165, 1.54) is 0 Å². The third kappa shape index (κ3) is 6.77. The number of hydrogen-bond acceptors (Lipinski definition) is 3. The molecule has 1 fully saturated rings. The van der Waals surface area contributed by atoms with Crippen LogP contribution in [0.15, 0.2) is 0 Å². The maximum atomic E-state index is 11.8. The zero-order chi connectivity index (χ0) is 14.5. The second kappa shape index (κ2) is 7.09. The summed E-state index contributed by atoms with van der Waals surface area (Å²) in [5, 5.41) is 6.15. The molecule has 7 heteroatoms. The summed E-state index contributed by atoms with van der Waals surface area (Å²) in [6, 6.07) is 0.633. The van der Waals surface area contributed by atoms with Crippen molar-refractivity contribution in [2.45, 2.75) is 57.4 Å². The third-order valence-corrected chi connectivity index (χ3v) is 3.15. The third-order valence-electron chi connectivity index (χ3n) is 3.15. The molecule has 1 aliphatic rings. The average molecular weight is 282 g/mol. The molecule has 0 aromatic heterocycles. The summed E-state index contributed by atoms with van der Waals surface area (Å²) < 4.78 is 39.8. The van der Waals surface area contributed by atoms with Crippen LogP contribution in [0, 0.1) is 0 Å². The maximum Gasteiger partial charge on any atom is 0.411 e. The van der Waals surface area contributed by atoms with E-state index in [-0.39, 0.29) is 31.0 Å². The summed E-state index contributed by atoms with van der Waals surface area (Å²) in [5.74, 6) is -0.268. The molecular formula is C12H21F3N2O2. The summed E-state index contributed by atoms with van der Waals surface area (Å²) in [7, 11) is 0. The van der Waals surface area contributed by atoms with Crippen LogP contribution in [-0.2, 0) is 9.53 Å². The average Bonchev–Trinajstić information content (AvgIpc) is 2.27. The van der Waals surface area contributed by atoms with E-state index in [2.05, 4.69) is 22.3 Å². The van der Waals surface area contributed by atoms with Gasteiger partial charge in [0, 0.05) is 24.5 Å². The molecule has 19 heavy (non-hydrogen) atoms. The summed E-state index contributed by atoms with van der Waals surface area (Å²) >= 11 is 0. The monoisotopic (exact) mass is 282 g/mol. The maximum absolute atomic E-state index is 11.8. The van der Waals surface area contributed by atoms with Gasteiger partial charge < -0.3 is 15.4 Å². The normalized spacial score (nSPS) is 28.2. The van der Waals surface area contributed by atoms with Crippen molar-refractivity contribution >= 4 is 5.91 Å². The Morgan fingerprint density at radius 3 is 2.63 bits per heavy atom. The van der Waals surface area contributed by atoms with Gasteiger partial charge >= 0.3 is 6.18 Å². The number of rotatable bonds is 5. The van der Waals surface area contributed by atoms with E-state index in [0.29, 0.717) is 6.04 Å². The van der Waals surface area contributed by atoms with Crippen LogP contribution in [0.25, 0.3) is 0 Å². The molecule has 1 heterocycles. The lowest BCUT2D eigenvalue weighted by atomic mass is 9.95. The largest absolute Gasteiger partial charge is 0.411 e. The number of nitrogens with one attached hydrogen (secondary N) is 2. The first-order valence-corrected chi connectivity index (χ1v) is 6.48. The fourth-order valence-corrected chi connectivity index (χ4v) is 2.16. The molecule has 2 N–H and O–H groups in total. The van der Waals surface area contributed by atoms with E-state index in [4.69, 9.17) is 0 Å². The van der Waals surface area contributed by atoms with Crippen molar-refractivity contribution in [3.8, 4) is 0 Å². The summed E-state index contributed by atoms with van der Waals surface area (Å²) in [5.41, 5.74) is 0. The SMILES string of the molecule is CC1CCC(NC(=O)CCOCC(F)(F)F)C(C)N1. The Kier molecular flexibility index (Phi) is 6.06. The molecule has 1 aliphatic heterocycles. The van der Waals surface area contributed by atoms with Gasteiger partial charge in [-0.1, -0.05) is 0 Å². The topological polar surface area (TPSA) is 50.4 Å². The van der Waals surface area contributed by atoms with Gasteiger partial charge in [-0.25, -0.2) is 0 Å². The molecule has 0 aliphatic carbocycles. The van der Waals surface area contributed by atoms with Gasteiger partial charge in [-0.3, -0.25) is 4.79 Å². The smallest absolute Gasteiger partial charge is 0.372 e. The van der Waals surface area contributed by atoms with Crippen LogP contribution in [0.4, 0.5) is 13.2 Å². The molecule has 0 bridgehead atoms. The summed E-state index contributed by atoms with van der Waals surface area (Å²) in [6.45, 7) is 2.55. The van der Waals surface area contributed by atoms with E-state index in [1.54, 1.807) is 0 Å². The number of amides is 1. The van der Waals surface area contributed by atoms with Gasteiger partial charge in [0.05, 0.1) is 6.61 Å². The Labute approximate surface area is 111 Å². The van der Waals surface area contributed by atoms with Crippen molar-refractivity contribution in [2.75, 3.05) is 13.2 Å². The summed E-state index contributed by atoms with van der Waals surface area (Å²) in [6.07, 6.45) is -2.53. The van der Waals surface area contributed by atoms with Crippen LogP contribution >= 0.6 is 0 Å². The van der Waals surface area contributed by atoms with Crippen LogP contribution in [0.3, 0.4) is 0 Å². The number of carbonyl (C=O) groups is 1. The predicted molar refractivity (Wildman–Crippen MR) is 64.7 cm³/mol. The zero-order valence-electron chi connectivity index (χ0n) is 11.2.